The summed E-state index contributed by atoms with van der Waals surface area (Å²) >= 11 is 0. The Morgan fingerprint density at radius 2 is 1.71 bits per heavy atom. The fourth-order valence-electron chi connectivity index (χ4n) is 0.997. The third-order valence-electron chi connectivity index (χ3n) is 1.67. The minimum Gasteiger partial charge on any atom is -0.207 e. The first-order valence-electron chi connectivity index (χ1n) is 3.69. The van der Waals surface area contributed by atoms with Crippen LogP contribution in [0.4, 0.5) is 17.6 Å². The molecule has 5 heteroatoms. The predicted octanol–water partition coefficient (Wildman–Crippen LogP) is 2.97. The molecule has 1 nitrogen and oxygen atoms in total. The van der Waals surface area contributed by atoms with Gasteiger partial charge in [0.1, 0.15) is 11.6 Å². The zero-order chi connectivity index (χ0) is 10.7. The Hall–Kier alpha value is -1.57. The van der Waals surface area contributed by atoms with Crippen molar-refractivity contribution in [1.82, 2.24) is 0 Å². The van der Waals surface area contributed by atoms with Crippen LogP contribution >= 0.6 is 0 Å². The Bertz CT molecular complexity index is 358. The molecule has 0 heterocycles. The van der Waals surface area contributed by atoms with Crippen LogP contribution in [-0.2, 0) is 6.42 Å². The van der Waals surface area contributed by atoms with E-state index in [4.69, 9.17) is 5.26 Å². The predicted molar refractivity (Wildman–Crippen MR) is 40.6 cm³/mol. The zero-order valence-electron chi connectivity index (χ0n) is 6.90. The number of halogens is 4. The largest absolute Gasteiger partial charge is 0.264 e. The van der Waals surface area contributed by atoms with Gasteiger partial charge < -0.3 is 0 Å². The lowest BCUT2D eigenvalue weighted by atomic mass is 10.1. The van der Waals surface area contributed by atoms with Gasteiger partial charge in [-0.05, 0) is 12.1 Å². The summed E-state index contributed by atoms with van der Waals surface area (Å²) in [5.74, 6) is -2.22. The summed E-state index contributed by atoms with van der Waals surface area (Å²) in [5.41, 5.74) is -1.20. The lowest BCUT2D eigenvalue weighted by Gasteiger charge is -2.04. The molecule has 0 amide bonds. The first-order valence-corrected chi connectivity index (χ1v) is 3.69. The third-order valence-corrected chi connectivity index (χ3v) is 1.67. The van der Waals surface area contributed by atoms with E-state index in [1.165, 1.54) is 0 Å². The molecule has 0 aliphatic rings. The van der Waals surface area contributed by atoms with E-state index in [-0.39, 0.29) is 0 Å². The molecule has 0 spiro atoms. The summed E-state index contributed by atoms with van der Waals surface area (Å²) in [6.07, 6.45) is -3.39. The number of nitrogens with zero attached hydrogens (tertiary/aromatic N) is 1. The van der Waals surface area contributed by atoms with Gasteiger partial charge in [-0.3, -0.25) is 0 Å². The maximum absolute atomic E-state index is 12.9. The van der Waals surface area contributed by atoms with Gasteiger partial charge >= 0.3 is 0 Å². The van der Waals surface area contributed by atoms with Gasteiger partial charge in [0.25, 0.3) is 6.43 Å². The van der Waals surface area contributed by atoms with Crippen molar-refractivity contribution in [2.24, 2.45) is 0 Å². The third kappa shape index (κ3) is 2.02. The maximum Gasteiger partial charge on any atom is 0.264 e. The minimum atomic E-state index is -2.92. The Morgan fingerprint density at radius 3 is 2.07 bits per heavy atom. The Morgan fingerprint density at radius 1 is 1.21 bits per heavy atom. The van der Waals surface area contributed by atoms with Crippen molar-refractivity contribution < 1.29 is 17.6 Å². The fourth-order valence-corrected chi connectivity index (χ4v) is 0.997. The minimum absolute atomic E-state index is 0.471. The van der Waals surface area contributed by atoms with E-state index in [1.807, 2.05) is 0 Å². The van der Waals surface area contributed by atoms with E-state index in [0.29, 0.717) is 12.1 Å². The quantitative estimate of drug-likeness (QED) is 0.678. The van der Waals surface area contributed by atoms with E-state index >= 15 is 0 Å². The van der Waals surface area contributed by atoms with Crippen molar-refractivity contribution in [1.29, 1.82) is 5.26 Å². The molecule has 14 heavy (non-hydrogen) atoms. The fraction of sp³-hybridized carbons (Fsp3) is 0.222. The molecule has 0 aromatic heterocycles. The van der Waals surface area contributed by atoms with Crippen LogP contribution in [0.15, 0.2) is 12.1 Å². The van der Waals surface area contributed by atoms with Crippen molar-refractivity contribution in [2.75, 3.05) is 0 Å². The molecule has 0 saturated carbocycles. The van der Waals surface area contributed by atoms with Gasteiger partial charge in [0.2, 0.25) is 0 Å². The molecule has 0 radical (unpaired) electrons. The van der Waals surface area contributed by atoms with Crippen molar-refractivity contribution >= 4 is 0 Å². The summed E-state index contributed by atoms with van der Waals surface area (Å²) in [6.45, 7) is 0. The summed E-state index contributed by atoms with van der Waals surface area (Å²) in [5, 5.41) is 8.22. The van der Waals surface area contributed by atoms with Crippen molar-refractivity contribution in [3.05, 3.63) is 34.9 Å². The second kappa shape index (κ2) is 4.09. The van der Waals surface area contributed by atoms with Gasteiger partial charge in [-0.2, -0.15) is 5.26 Å². The molecule has 1 aromatic rings. The molecule has 0 aliphatic heterocycles. The molecular formula is C9H5F4N. The molecule has 1 aromatic carbocycles. The Balaban J connectivity index is 3.19. The standard InChI is InChI=1S/C9H5F4N/c10-7-3-5(9(12)13)4-8(11)6(7)1-2-14/h3-4,9H,1H2. The van der Waals surface area contributed by atoms with E-state index in [0.717, 1.165) is 0 Å². The van der Waals surface area contributed by atoms with E-state index in [9.17, 15) is 17.6 Å². The molecule has 0 aliphatic carbocycles. The number of hydrogen-bond donors (Lipinski definition) is 0. The van der Waals surface area contributed by atoms with E-state index in [1.54, 1.807) is 6.07 Å². The van der Waals surface area contributed by atoms with Crippen LogP contribution in [0.1, 0.15) is 17.6 Å². The highest BCUT2D eigenvalue weighted by molar-refractivity contribution is 5.28. The highest BCUT2D eigenvalue weighted by Crippen LogP contribution is 2.23. The maximum atomic E-state index is 12.9. The zero-order valence-corrected chi connectivity index (χ0v) is 6.90. The molecule has 0 bridgehead atoms. The Labute approximate surface area is 77.6 Å². The van der Waals surface area contributed by atoms with Crippen LogP contribution in [0.2, 0.25) is 0 Å². The number of alkyl halides is 2. The summed E-state index contributed by atoms with van der Waals surface area (Å²) in [4.78, 5) is 0. The molecule has 1 rings (SSSR count). The van der Waals surface area contributed by atoms with Gasteiger partial charge in [-0.25, -0.2) is 17.6 Å². The average Bonchev–Trinajstić information content (AvgIpc) is 2.10. The topological polar surface area (TPSA) is 23.8 Å². The highest BCUT2D eigenvalue weighted by atomic mass is 19.3. The number of benzene rings is 1. The SMILES string of the molecule is N#CCc1c(F)cc(C(F)F)cc1F. The molecule has 0 atom stereocenters. The van der Waals surface area contributed by atoms with Crippen LogP contribution in [0, 0.1) is 23.0 Å². The monoisotopic (exact) mass is 203 g/mol. The van der Waals surface area contributed by atoms with Gasteiger partial charge in [0.15, 0.2) is 0 Å². The molecular weight excluding hydrogens is 198 g/mol. The normalized spacial score (nSPS) is 10.3. The Kier molecular flexibility index (Phi) is 3.07. The molecule has 0 fully saturated rings. The van der Waals surface area contributed by atoms with Crippen molar-refractivity contribution in [3.8, 4) is 6.07 Å². The number of rotatable bonds is 2. The van der Waals surface area contributed by atoms with Gasteiger partial charge in [-0.15, -0.1) is 0 Å². The summed E-state index contributed by atoms with van der Waals surface area (Å²) < 4.78 is 50.0. The highest BCUT2D eigenvalue weighted by Gasteiger charge is 2.15. The lowest BCUT2D eigenvalue weighted by Crippen LogP contribution is -1.97. The molecule has 74 valence electrons. The molecule has 0 N–H and O–H groups in total. The van der Waals surface area contributed by atoms with Crippen LogP contribution in [0.25, 0.3) is 0 Å². The van der Waals surface area contributed by atoms with Crippen LogP contribution in [-0.4, -0.2) is 0 Å². The van der Waals surface area contributed by atoms with Gasteiger partial charge in [-0.1, -0.05) is 0 Å². The summed E-state index contributed by atoms with van der Waals surface area (Å²) in [6, 6.07) is 2.63. The molecule has 0 unspecified atom stereocenters. The number of nitriles is 1. The first kappa shape index (κ1) is 10.5. The molecule has 0 saturated heterocycles. The lowest BCUT2D eigenvalue weighted by molar-refractivity contribution is 0.150. The number of hydrogen-bond acceptors (Lipinski definition) is 1. The second-order valence-corrected chi connectivity index (χ2v) is 2.60. The van der Waals surface area contributed by atoms with Gasteiger partial charge in [0, 0.05) is 11.1 Å². The second-order valence-electron chi connectivity index (χ2n) is 2.60. The van der Waals surface area contributed by atoms with Crippen molar-refractivity contribution in [3.63, 3.8) is 0 Å². The van der Waals surface area contributed by atoms with Gasteiger partial charge in [0.05, 0.1) is 12.5 Å². The smallest absolute Gasteiger partial charge is 0.207 e. The first-order chi connectivity index (χ1) is 6.56. The average molecular weight is 203 g/mol. The van der Waals surface area contributed by atoms with Crippen LogP contribution in [0.5, 0.6) is 0 Å². The van der Waals surface area contributed by atoms with E-state index < -0.39 is 35.6 Å². The van der Waals surface area contributed by atoms with Crippen molar-refractivity contribution in [2.45, 2.75) is 12.8 Å². The summed E-state index contributed by atoms with van der Waals surface area (Å²) in [7, 11) is 0. The van der Waals surface area contributed by atoms with E-state index in [2.05, 4.69) is 0 Å². The van der Waals surface area contributed by atoms with Crippen LogP contribution < -0.4 is 0 Å². The van der Waals surface area contributed by atoms with Crippen LogP contribution in [0.3, 0.4) is 0 Å².